The van der Waals surface area contributed by atoms with Crippen LogP contribution >= 0.6 is 0 Å². The summed E-state index contributed by atoms with van der Waals surface area (Å²) >= 11 is 0. The standard InChI is InChI=1S/C4H7N5O/c1-3(2-5-1)10-4-6-8-9-7-4/h3,5H,1-2H2,(H,6,7,8,9). The van der Waals surface area contributed by atoms with Crippen molar-refractivity contribution >= 4 is 0 Å². The zero-order valence-corrected chi connectivity index (χ0v) is 5.24. The van der Waals surface area contributed by atoms with Gasteiger partial charge < -0.3 is 10.1 Å². The van der Waals surface area contributed by atoms with Crippen LogP contribution in [0.15, 0.2) is 0 Å². The first-order valence-corrected chi connectivity index (χ1v) is 3.06. The molecule has 10 heavy (non-hydrogen) atoms. The number of H-pyrrole nitrogens is 1. The molecule has 1 aromatic heterocycles. The third-order valence-electron chi connectivity index (χ3n) is 1.34. The summed E-state index contributed by atoms with van der Waals surface area (Å²) in [5.41, 5.74) is 0. The number of nitrogens with zero attached hydrogens (tertiary/aromatic N) is 3. The first-order valence-electron chi connectivity index (χ1n) is 3.06. The molecular formula is C4H7N5O. The Morgan fingerprint density at radius 1 is 1.50 bits per heavy atom. The average molecular weight is 141 g/mol. The Balaban J connectivity index is 1.90. The van der Waals surface area contributed by atoms with Crippen molar-refractivity contribution in [3.8, 4) is 6.01 Å². The maximum absolute atomic E-state index is 5.21. The van der Waals surface area contributed by atoms with E-state index in [1.807, 2.05) is 0 Å². The van der Waals surface area contributed by atoms with E-state index in [9.17, 15) is 0 Å². The Kier molecular flexibility index (Phi) is 1.24. The molecule has 0 saturated carbocycles. The van der Waals surface area contributed by atoms with Crippen LogP contribution in [-0.4, -0.2) is 39.8 Å². The minimum atomic E-state index is 0.220. The molecule has 1 saturated heterocycles. The highest BCUT2D eigenvalue weighted by molar-refractivity contribution is 4.88. The van der Waals surface area contributed by atoms with Crippen molar-refractivity contribution in [3.63, 3.8) is 0 Å². The third-order valence-corrected chi connectivity index (χ3v) is 1.34. The maximum atomic E-state index is 5.21. The van der Waals surface area contributed by atoms with Gasteiger partial charge in [-0.3, -0.25) is 0 Å². The van der Waals surface area contributed by atoms with E-state index in [1.54, 1.807) is 0 Å². The van der Waals surface area contributed by atoms with Gasteiger partial charge in [0.05, 0.1) is 0 Å². The smallest absolute Gasteiger partial charge is 0.356 e. The monoisotopic (exact) mass is 141 g/mol. The van der Waals surface area contributed by atoms with Crippen LogP contribution in [0.25, 0.3) is 0 Å². The molecule has 1 aliphatic heterocycles. The van der Waals surface area contributed by atoms with Crippen molar-refractivity contribution in [2.45, 2.75) is 6.10 Å². The van der Waals surface area contributed by atoms with Crippen LogP contribution in [-0.2, 0) is 0 Å². The van der Waals surface area contributed by atoms with E-state index in [-0.39, 0.29) is 6.10 Å². The van der Waals surface area contributed by atoms with Crippen LogP contribution < -0.4 is 10.1 Å². The van der Waals surface area contributed by atoms with Crippen LogP contribution in [0.5, 0.6) is 6.01 Å². The highest BCUT2D eigenvalue weighted by Crippen LogP contribution is 2.02. The first kappa shape index (κ1) is 5.60. The lowest BCUT2D eigenvalue weighted by Gasteiger charge is -2.25. The summed E-state index contributed by atoms with van der Waals surface area (Å²) in [6, 6.07) is 0.325. The third kappa shape index (κ3) is 0.926. The maximum Gasteiger partial charge on any atom is 0.356 e. The fourth-order valence-corrected chi connectivity index (χ4v) is 0.697. The second-order valence-corrected chi connectivity index (χ2v) is 2.09. The summed E-state index contributed by atoms with van der Waals surface area (Å²) in [5.74, 6) is 0. The SMILES string of the molecule is C1NCC1Oc1nn[nH]n1. The molecule has 0 amide bonds. The van der Waals surface area contributed by atoms with Crippen molar-refractivity contribution in [3.05, 3.63) is 0 Å². The lowest BCUT2D eigenvalue weighted by Crippen LogP contribution is -2.50. The van der Waals surface area contributed by atoms with Crippen molar-refractivity contribution in [1.29, 1.82) is 0 Å². The molecule has 0 unspecified atom stereocenters. The van der Waals surface area contributed by atoms with Crippen LogP contribution in [0.1, 0.15) is 0 Å². The largest absolute Gasteiger partial charge is 0.455 e. The predicted molar refractivity (Wildman–Crippen MR) is 31.5 cm³/mol. The fraction of sp³-hybridized carbons (Fsp3) is 0.750. The van der Waals surface area contributed by atoms with E-state index >= 15 is 0 Å². The molecule has 0 atom stereocenters. The highest BCUT2D eigenvalue weighted by atomic mass is 16.5. The van der Waals surface area contributed by atoms with Gasteiger partial charge in [0.1, 0.15) is 6.10 Å². The van der Waals surface area contributed by atoms with Gasteiger partial charge in [-0.25, -0.2) is 0 Å². The number of hydrogen-bond acceptors (Lipinski definition) is 5. The first-order chi connectivity index (χ1) is 4.95. The van der Waals surface area contributed by atoms with Crippen molar-refractivity contribution in [2.24, 2.45) is 0 Å². The van der Waals surface area contributed by atoms with Crippen LogP contribution in [0.3, 0.4) is 0 Å². The van der Waals surface area contributed by atoms with Gasteiger partial charge in [-0.15, -0.1) is 0 Å². The summed E-state index contributed by atoms with van der Waals surface area (Å²) in [6.07, 6.45) is 0.220. The quantitative estimate of drug-likeness (QED) is 0.527. The Hall–Kier alpha value is -1.17. The van der Waals surface area contributed by atoms with Gasteiger partial charge in [-0.2, -0.15) is 5.21 Å². The van der Waals surface area contributed by atoms with Gasteiger partial charge in [0, 0.05) is 13.1 Å². The molecule has 0 aromatic carbocycles. The average Bonchev–Trinajstić information content (AvgIpc) is 2.29. The van der Waals surface area contributed by atoms with Crippen LogP contribution in [0, 0.1) is 0 Å². The number of hydrogen-bond donors (Lipinski definition) is 2. The molecule has 1 aliphatic rings. The molecule has 2 heterocycles. The van der Waals surface area contributed by atoms with Crippen molar-refractivity contribution < 1.29 is 4.74 Å². The van der Waals surface area contributed by atoms with Gasteiger partial charge in [-0.1, -0.05) is 10.2 Å². The lowest BCUT2D eigenvalue weighted by atomic mass is 10.2. The molecule has 2 rings (SSSR count). The van der Waals surface area contributed by atoms with E-state index in [1.165, 1.54) is 0 Å². The van der Waals surface area contributed by atoms with Gasteiger partial charge in [0.2, 0.25) is 0 Å². The Morgan fingerprint density at radius 2 is 2.40 bits per heavy atom. The zero-order valence-electron chi connectivity index (χ0n) is 5.24. The van der Waals surface area contributed by atoms with E-state index in [2.05, 4.69) is 25.9 Å². The summed E-state index contributed by atoms with van der Waals surface area (Å²) in [6.45, 7) is 1.74. The lowest BCUT2D eigenvalue weighted by molar-refractivity contribution is 0.129. The second kappa shape index (κ2) is 2.22. The molecule has 0 bridgehead atoms. The van der Waals surface area contributed by atoms with Gasteiger partial charge >= 0.3 is 6.01 Å². The highest BCUT2D eigenvalue weighted by Gasteiger charge is 2.19. The minimum Gasteiger partial charge on any atom is -0.455 e. The Labute approximate surface area is 57.0 Å². The number of ether oxygens (including phenoxy) is 1. The van der Waals surface area contributed by atoms with Crippen molar-refractivity contribution in [1.82, 2.24) is 25.9 Å². The van der Waals surface area contributed by atoms with Crippen LogP contribution in [0.2, 0.25) is 0 Å². The molecular weight excluding hydrogens is 134 g/mol. The number of tetrazole rings is 1. The normalized spacial score (nSPS) is 18.4. The summed E-state index contributed by atoms with van der Waals surface area (Å²) in [7, 11) is 0. The molecule has 54 valence electrons. The molecule has 1 aromatic rings. The van der Waals surface area contributed by atoms with Gasteiger partial charge in [0.15, 0.2) is 0 Å². The molecule has 0 radical (unpaired) electrons. The molecule has 2 N–H and O–H groups in total. The Morgan fingerprint density at radius 3 is 2.90 bits per heavy atom. The van der Waals surface area contributed by atoms with E-state index < -0.39 is 0 Å². The van der Waals surface area contributed by atoms with Gasteiger partial charge in [-0.05, 0) is 5.21 Å². The second-order valence-electron chi connectivity index (χ2n) is 2.09. The van der Waals surface area contributed by atoms with E-state index in [4.69, 9.17) is 4.74 Å². The van der Waals surface area contributed by atoms with E-state index in [0.29, 0.717) is 6.01 Å². The van der Waals surface area contributed by atoms with E-state index in [0.717, 1.165) is 13.1 Å². The van der Waals surface area contributed by atoms with Gasteiger partial charge in [0.25, 0.3) is 0 Å². The predicted octanol–water partition coefficient (Wildman–Crippen LogP) is -1.45. The molecule has 0 spiro atoms. The van der Waals surface area contributed by atoms with Crippen LogP contribution in [0.4, 0.5) is 0 Å². The number of aromatic amines is 1. The topological polar surface area (TPSA) is 75.7 Å². The number of rotatable bonds is 2. The number of aromatic nitrogens is 4. The Bertz CT molecular complexity index is 193. The summed E-state index contributed by atoms with van der Waals surface area (Å²) in [5, 5.41) is 16.0. The molecule has 1 fully saturated rings. The summed E-state index contributed by atoms with van der Waals surface area (Å²) < 4.78 is 5.21. The molecule has 6 nitrogen and oxygen atoms in total. The summed E-state index contributed by atoms with van der Waals surface area (Å²) in [4.78, 5) is 0. The molecule has 6 heteroatoms. The number of nitrogens with one attached hydrogen (secondary N) is 2. The minimum absolute atomic E-state index is 0.220. The molecule has 0 aliphatic carbocycles. The zero-order chi connectivity index (χ0) is 6.81. The van der Waals surface area contributed by atoms with Crippen molar-refractivity contribution in [2.75, 3.05) is 13.1 Å². The fourth-order valence-electron chi connectivity index (χ4n) is 0.697.